The molecule has 0 bridgehead atoms. The van der Waals surface area contributed by atoms with Crippen LogP contribution in [0.15, 0.2) is 29.2 Å². The maximum absolute atomic E-state index is 12.4. The van der Waals surface area contributed by atoms with Gasteiger partial charge in [0.05, 0.1) is 11.0 Å². The molecule has 0 aliphatic heterocycles. The van der Waals surface area contributed by atoms with Gasteiger partial charge in [0.1, 0.15) is 0 Å². The predicted molar refractivity (Wildman–Crippen MR) is 77.1 cm³/mol. The van der Waals surface area contributed by atoms with E-state index >= 15 is 0 Å². The molecule has 0 fully saturated rings. The van der Waals surface area contributed by atoms with Crippen LogP contribution >= 0.6 is 0 Å². The van der Waals surface area contributed by atoms with Crippen LogP contribution in [0.3, 0.4) is 0 Å². The van der Waals surface area contributed by atoms with E-state index < -0.39 is 16.0 Å². The molecule has 21 heavy (non-hydrogen) atoms. The summed E-state index contributed by atoms with van der Waals surface area (Å²) in [5.74, 6) is -0.889. The van der Waals surface area contributed by atoms with Crippen LogP contribution in [0.25, 0.3) is 0 Å². The first-order chi connectivity index (χ1) is 9.91. The van der Waals surface area contributed by atoms with Crippen molar-refractivity contribution >= 4 is 16.0 Å². The van der Waals surface area contributed by atoms with E-state index in [0.717, 1.165) is 5.56 Å². The summed E-state index contributed by atoms with van der Waals surface area (Å²) < 4.78 is 26.0. The fourth-order valence-corrected chi connectivity index (χ4v) is 3.30. The van der Waals surface area contributed by atoms with Crippen molar-refractivity contribution in [2.45, 2.75) is 31.1 Å². The highest BCUT2D eigenvalue weighted by Gasteiger charge is 2.22. The third kappa shape index (κ3) is 4.85. The Morgan fingerprint density at radius 3 is 2.43 bits per heavy atom. The minimum atomic E-state index is -3.61. The third-order valence-electron chi connectivity index (χ3n) is 3.01. The molecule has 0 amide bonds. The Balaban J connectivity index is 2.88. The number of aryl methyl sites for hydroxylation is 1. The van der Waals surface area contributed by atoms with Crippen molar-refractivity contribution < 1.29 is 18.3 Å². The molecule has 0 aromatic heterocycles. The number of hydrogen-bond donors (Lipinski definition) is 1. The number of nitrogens with zero attached hydrogens (tertiary/aromatic N) is 2. The Morgan fingerprint density at radius 1 is 1.33 bits per heavy atom. The molecule has 0 unspecified atom stereocenters. The van der Waals surface area contributed by atoms with E-state index in [2.05, 4.69) is 0 Å². The van der Waals surface area contributed by atoms with E-state index in [0.29, 0.717) is 13.0 Å². The molecule has 114 valence electrons. The summed E-state index contributed by atoms with van der Waals surface area (Å²) in [6.45, 7) is 2.18. The van der Waals surface area contributed by atoms with Crippen LogP contribution in [0.1, 0.15) is 25.3 Å². The second kappa shape index (κ2) is 7.76. The first-order valence-electron chi connectivity index (χ1n) is 6.59. The van der Waals surface area contributed by atoms with Gasteiger partial charge in [-0.15, -0.1) is 0 Å². The molecule has 0 aliphatic rings. The fraction of sp³-hybridized carbons (Fsp3) is 0.429. The van der Waals surface area contributed by atoms with Crippen molar-refractivity contribution in [2.75, 3.05) is 13.1 Å². The topological polar surface area (TPSA) is 98.5 Å². The highest BCUT2D eigenvalue weighted by molar-refractivity contribution is 7.89. The molecule has 1 rings (SSSR count). The summed E-state index contributed by atoms with van der Waals surface area (Å²) in [7, 11) is -3.61. The number of rotatable bonds is 8. The molecule has 1 aromatic carbocycles. The summed E-state index contributed by atoms with van der Waals surface area (Å²) in [6.07, 6.45) is 0.515. The van der Waals surface area contributed by atoms with Gasteiger partial charge in [-0.2, -0.15) is 9.57 Å². The normalized spacial score (nSPS) is 11.3. The van der Waals surface area contributed by atoms with E-state index in [1.54, 1.807) is 19.1 Å². The van der Waals surface area contributed by atoms with Crippen LogP contribution in [-0.2, 0) is 21.2 Å². The van der Waals surface area contributed by atoms with Gasteiger partial charge in [-0.05, 0) is 24.1 Å². The van der Waals surface area contributed by atoms with Gasteiger partial charge in [0.15, 0.2) is 0 Å². The van der Waals surface area contributed by atoms with Crippen molar-refractivity contribution in [2.24, 2.45) is 0 Å². The first-order valence-corrected chi connectivity index (χ1v) is 8.03. The van der Waals surface area contributed by atoms with Crippen molar-refractivity contribution in [3.05, 3.63) is 29.8 Å². The van der Waals surface area contributed by atoms with Gasteiger partial charge in [-0.3, -0.25) is 4.79 Å². The van der Waals surface area contributed by atoms with E-state index in [4.69, 9.17) is 10.4 Å². The van der Waals surface area contributed by atoms with Crippen molar-refractivity contribution in [1.29, 1.82) is 5.26 Å². The highest BCUT2D eigenvalue weighted by atomic mass is 32.2. The van der Waals surface area contributed by atoms with Gasteiger partial charge in [0.2, 0.25) is 10.0 Å². The molecule has 0 saturated heterocycles. The second-order valence-electron chi connectivity index (χ2n) is 4.44. The molecule has 0 radical (unpaired) electrons. The Hall–Kier alpha value is -1.91. The lowest BCUT2D eigenvalue weighted by atomic mass is 10.1. The van der Waals surface area contributed by atoms with E-state index in [9.17, 15) is 13.2 Å². The summed E-state index contributed by atoms with van der Waals surface area (Å²) in [5.41, 5.74) is 0.774. The maximum Gasteiger partial charge on any atom is 0.303 e. The summed E-state index contributed by atoms with van der Waals surface area (Å²) in [4.78, 5) is 10.7. The second-order valence-corrected chi connectivity index (χ2v) is 6.38. The number of carbonyl (C=O) groups is 1. The van der Waals surface area contributed by atoms with E-state index in [-0.39, 0.29) is 24.3 Å². The molecule has 0 atom stereocenters. The Bertz CT molecular complexity index is 617. The van der Waals surface area contributed by atoms with Gasteiger partial charge in [0.25, 0.3) is 0 Å². The molecular weight excluding hydrogens is 292 g/mol. The van der Waals surface area contributed by atoms with Crippen LogP contribution < -0.4 is 0 Å². The predicted octanol–water partition coefficient (Wildman–Crippen LogP) is 1.63. The van der Waals surface area contributed by atoms with Gasteiger partial charge in [-0.25, -0.2) is 8.42 Å². The molecule has 7 heteroatoms. The molecule has 0 saturated carbocycles. The zero-order chi connectivity index (χ0) is 15.9. The number of benzene rings is 1. The molecule has 0 spiro atoms. The van der Waals surface area contributed by atoms with Crippen molar-refractivity contribution in [1.82, 2.24) is 4.31 Å². The standard InChI is InChI=1S/C14H18N2O4S/c1-2-16(11-3-10-15)21(19,20)13-7-4-12(5-8-13)6-9-14(17)18/h4-5,7-8H,2-3,6,9,11H2,1H3,(H,17,18). The quantitative estimate of drug-likeness (QED) is 0.786. The number of hydrogen-bond acceptors (Lipinski definition) is 4. The van der Waals surface area contributed by atoms with Gasteiger partial charge in [-0.1, -0.05) is 19.1 Å². The minimum absolute atomic E-state index is 0.00928. The van der Waals surface area contributed by atoms with Crippen LogP contribution in [0.2, 0.25) is 0 Å². The zero-order valence-electron chi connectivity index (χ0n) is 11.8. The van der Waals surface area contributed by atoms with Crippen LogP contribution in [-0.4, -0.2) is 36.9 Å². The van der Waals surface area contributed by atoms with Crippen LogP contribution in [0.5, 0.6) is 0 Å². The number of nitriles is 1. The number of carboxylic acid groups (broad SMARTS) is 1. The maximum atomic E-state index is 12.4. The zero-order valence-corrected chi connectivity index (χ0v) is 12.6. The molecule has 1 aromatic rings. The van der Waals surface area contributed by atoms with Crippen molar-refractivity contribution in [3.63, 3.8) is 0 Å². The molecular formula is C14H18N2O4S. The first kappa shape index (κ1) is 17.1. The average molecular weight is 310 g/mol. The average Bonchev–Trinajstić information content (AvgIpc) is 2.46. The largest absolute Gasteiger partial charge is 0.481 e. The lowest BCUT2D eigenvalue weighted by Crippen LogP contribution is -2.31. The molecule has 1 N–H and O–H groups in total. The lowest BCUT2D eigenvalue weighted by Gasteiger charge is -2.19. The molecule has 6 nitrogen and oxygen atoms in total. The number of sulfonamides is 1. The molecule has 0 heterocycles. The van der Waals surface area contributed by atoms with Gasteiger partial charge < -0.3 is 5.11 Å². The summed E-state index contributed by atoms with van der Waals surface area (Å²) in [5, 5.41) is 17.2. The van der Waals surface area contributed by atoms with Crippen LogP contribution in [0, 0.1) is 11.3 Å². The Morgan fingerprint density at radius 2 is 1.95 bits per heavy atom. The summed E-state index contributed by atoms with van der Waals surface area (Å²) in [6, 6.07) is 8.12. The highest BCUT2D eigenvalue weighted by Crippen LogP contribution is 2.17. The van der Waals surface area contributed by atoms with E-state index in [1.807, 2.05) is 6.07 Å². The summed E-state index contributed by atoms with van der Waals surface area (Å²) >= 11 is 0. The SMILES string of the molecule is CCN(CCC#N)S(=O)(=O)c1ccc(CCC(=O)O)cc1. The smallest absolute Gasteiger partial charge is 0.303 e. The van der Waals surface area contributed by atoms with Gasteiger partial charge in [0, 0.05) is 25.9 Å². The van der Waals surface area contributed by atoms with Gasteiger partial charge >= 0.3 is 5.97 Å². The monoisotopic (exact) mass is 310 g/mol. The Kier molecular flexibility index (Phi) is 6.34. The fourth-order valence-electron chi connectivity index (χ4n) is 1.85. The molecule has 0 aliphatic carbocycles. The number of carboxylic acids is 1. The number of aliphatic carboxylic acids is 1. The third-order valence-corrected chi connectivity index (χ3v) is 5.00. The lowest BCUT2D eigenvalue weighted by molar-refractivity contribution is -0.136. The van der Waals surface area contributed by atoms with E-state index in [1.165, 1.54) is 16.4 Å². The minimum Gasteiger partial charge on any atom is -0.481 e. The van der Waals surface area contributed by atoms with Crippen molar-refractivity contribution in [3.8, 4) is 6.07 Å². The van der Waals surface area contributed by atoms with Crippen LogP contribution in [0.4, 0.5) is 0 Å². The Labute approximate surface area is 124 Å².